The van der Waals surface area contributed by atoms with Gasteiger partial charge in [0.05, 0.1) is 48.7 Å². The van der Waals surface area contributed by atoms with Gasteiger partial charge in [-0.05, 0) is 20.0 Å². The zero-order chi connectivity index (χ0) is 38.9. The number of carbonyl (C=O) groups excluding carboxylic acids is 5. The molecule has 0 spiro atoms. The highest BCUT2D eigenvalue weighted by Crippen LogP contribution is 2.52. The minimum atomic E-state index is -2.32. The Balaban J connectivity index is 1.43. The van der Waals surface area contributed by atoms with Crippen molar-refractivity contribution in [3.05, 3.63) is 51.6 Å². The van der Waals surface area contributed by atoms with Crippen LogP contribution in [0.4, 0.5) is 0 Å². The molecule has 0 radical (unpaired) electrons. The Bertz CT molecular complexity index is 1780. The number of methoxy groups -OCH3 is 1. The van der Waals surface area contributed by atoms with Crippen molar-refractivity contribution in [1.29, 1.82) is 0 Å². The fourth-order valence-electron chi connectivity index (χ4n) is 7.15. The zero-order valence-corrected chi connectivity index (χ0v) is 29.8. The van der Waals surface area contributed by atoms with Gasteiger partial charge in [0.25, 0.3) is 6.29 Å². The number of phenols is 2. The predicted molar refractivity (Wildman–Crippen MR) is 178 cm³/mol. The summed E-state index contributed by atoms with van der Waals surface area (Å²) in [6.45, 7) is 2.88. The summed E-state index contributed by atoms with van der Waals surface area (Å²) in [6, 6.07) is 3.69. The predicted octanol–water partition coefficient (Wildman–Crippen LogP) is 0.443. The average Bonchev–Trinajstić information content (AvgIpc) is 3.10. The molecule has 17 heteroatoms. The normalized spacial score (nSPS) is 25.1. The van der Waals surface area contributed by atoms with Crippen LogP contribution >= 0.6 is 0 Å². The van der Waals surface area contributed by atoms with Gasteiger partial charge in [-0.15, -0.1) is 0 Å². The number of hydrogen-bond acceptors (Lipinski definition) is 17. The van der Waals surface area contributed by atoms with Gasteiger partial charge in [0.15, 0.2) is 17.9 Å². The van der Waals surface area contributed by atoms with Gasteiger partial charge in [-0.25, -0.2) is 0 Å². The minimum absolute atomic E-state index is 0.00338. The van der Waals surface area contributed by atoms with E-state index in [4.69, 9.17) is 28.4 Å². The third-order valence-electron chi connectivity index (χ3n) is 9.73. The van der Waals surface area contributed by atoms with Crippen LogP contribution in [-0.2, 0) is 44.5 Å². The number of likely N-dealkylation sites (N-methyl/N-ethyl adjacent to an activating group) is 1. The lowest BCUT2D eigenvalue weighted by Gasteiger charge is -2.44. The van der Waals surface area contributed by atoms with E-state index in [0.717, 1.165) is 13.8 Å². The molecule has 1 saturated heterocycles. The highest BCUT2D eigenvalue weighted by Gasteiger charge is 2.50. The van der Waals surface area contributed by atoms with Crippen LogP contribution in [0.2, 0.25) is 0 Å². The summed E-state index contributed by atoms with van der Waals surface area (Å²) in [5, 5.41) is 55.7. The maximum absolute atomic E-state index is 13.9. The number of ether oxygens (including phenoxy) is 6. The van der Waals surface area contributed by atoms with Crippen molar-refractivity contribution in [2.24, 2.45) is 0 Å². The smallest absolute Gasteiger partial charge is 0.305 e. The lowest BCUT2D eigenvalue weighted by molar-refractivity contribution is -0.258. The van der Waals surface area contributed by atoms with Gasteiger partial charge >= 0.3 is 11.9 Å². The number of benzene rings is 2. The van der Waals surface area contributed by atoms with Gasteiger partial charge in [0.1, 0.15) is 36.1 Å². The monoisotopic (exact) mass is 745 g/mol. The van der Waals surface area contributed by atoms with Crippen molar-refractivity contribution in [3.63, 3.8) is 0 Å². The molecule has 3 aliphatic rings. The van der Waals surface area contributed by atoms with E-state index in [9.17, 15) is 49.5 Å². The van der Waals surface area contributed by atoms with Crippen LogP contribution in [0.25, 0.3) is 0 Å². The van der Waals surface area contributed by atoms with Gasteiger partial charge < -0.3 is 54.0 Å². The Morgan fingerprint density at radius 2 is 1.70 bits per heavy atom. The first-order valence-corrected chi connectivity index (χ1v) is 16.9. The third-order valence-corrected chi connectivity index (χ3v) is 9.73. The molecular weight excluding hydrogens is 702 g/mol. The average molecular weight is 746 g/mol. The first kappa shape index (κ1) is 39.7. The number of aliphatic hydroxyl groups is 3. The Morgan fingerprint density at radius 1 is 1.04 bits per heavy atom. The van der Waals surface area contributed by atoms with Crippen LogP contribution in [0.5, 0.6) is 17.2 Å². The molecule has 0 bridgehead atoms. The maximum atomic E-state index is 13.9. The van der Waals surface area contributed by atoms with E-state index in [1.54, 1.807) is 18.9 Å². The second-order valence-electron chi connectivity index (χ2n) is 13.3. The number of aliphatic hydroxyl groups excluding tert-OH is 2. The molecule has 288 valence electrons. The number of carbonyl (C=O) groups is 5. The summed E-state index contributed by atoms with van der Waals surface area (Å²) in [4.78, 5) is 65.0. The number of rotatable bonds is 13. The second kappa shape index (κ2) is 15.9. The second-order valence-corrected chi connectivity index (χ2v) is 13.3. The molecule has 0 amide bonds. The molecule has 2 aliphatic carbocycles. The molecule has 5 unspecified atom stereocenters. The van der Waals surface area contributed by atoms with Gasteiger partial charge in [0.2, 0.25) is 5.78 Å². The summed E-state index contributed by atoms with van der Waals surface area (Å²) in [5.41, 5.74) is -3.95. The fourth-order valence-corrected chi connectivity index (χ4v) is 7.15. The molecule has 1 heterocycles. The van der Waals surface area contributed by atoms with Crippen molar-refractivity contribution in [3.8, 4) is 17.2 Å². The Morgan fingerprint density at radius 3 is 2.32 bits per heavy atom. The van der Waals surface area contributed by atoms with Gasteiger partial charge in [-0.2, -0.15) is 0 Å². The molecule has 53 heavy (non-hydrogen) atoms. The Labute approximate surface area is 303 Å². The largest absolute Gasteiger partial charge is 0.507 e. The van der Waals surface area contributed by atoms with Crippen molar-refractivity contribution in [2.75, 3.05) is 40.5 Å². The first-order chi connectivity index (χ1) is 25.0. The van der Waals surface area contributed by atoms with Crippen LogP contribution in [-0.4, -0.2) is 137 Å². The number of ketones is 3. The van der Waals surface area contributed by atoms with Crippen molar-refractivity contribution in [1.82, 2.24) is 4.90 Å². The highest BCUT2D eigenvalue weighted by molar-refractivity contribution is 6.31. The number of fused-ring (bicyclic) bond motifs is 3. The number of hydrogen-bond donors (Lipinski definition) is 5. The third kappa shape index (κ3) is 7.77. The number of phenolic OH excluding ortho intramolecular Hbond substituents is 2. The molecule has 1 aliphatic heterocycles. The van der Waals surface area contributed by atoms with Gasteiger partial charge in [-0.3, -0.25) is 28.9 Å². The molecule has 17 nitrogen and oxygen atoms in total. The summed E-state index contributed by atoms with van der Waals surface area (Å²) in [7, 11) is 3.00. The van der Waals surface area contributed by atoms with Crippen LogP contribution in [0, 0.1) is 0 Å². The summed E-state index contributed by atoms with van der Waals surface area (Å²) in [6.07, 6.45) is -6.85. The molecule has 5 N–H and O–H groups in total. The van der Waals surface area contributed by atoms with Crippen LogP contribution in [0.3, 0.4) is 0 Å². The van der Waals surface area contributed by atoms with Gasteiger partial charge in [0, 0.05) is 62.4 Å². The zero-order valence-electron chi connectivity index (χ0n) is 29.8. The van der Waals surface area contributed by atoms with Crippen molar-refractivity contribution < 1.29 is 77.9 Å². The Hall–Kier alpha value is -4.49. The molecule has 1 fully saturated rings. The highest BCUT2D eigenvalue weighted by atomic mass is 16.7. The SMILES string of the molecule is COc1cccc2c1C(=O)c1c(O)c3c(c(O)c1C2=O)C[C@@](O)(C(=O)CO)CC3OC1CC(N(C)CCOCC(OC(C)=O)OC(C)=O)C(O)C(C)O1. The van der Waals surface area contributed by atoms with Crippen molar-refractivity contribution >= 4 is 29.3 Å². The van der Waals surface area contributed by atoms with Crippen LogP contribution < -0.4 is 4.74 Å². The van der Waals surface area contributed by atoms with E-state index in [-0.39, 0.29) is 54.2 Å². The lowest BCUT2D eigenvalue weighted by Crippen LogP contribution is -2.55. The van der Waals surface area contributed by atoms with E-state index >= 15 is 0 Å². The molecule has 0 saturated carbocycles. The molecule has 6 atom stereocenters. The van der Waals surface area contributed by atoms with Crippen molar-refractivity contribution in [2.45, 2.75) is 82.6 Å². The number of esters is 2. The molecule has 2 aromatic rings. The topological polar surface area (TPSA) is 245 Å². The minimum Gasteiger partial charge on any atom is -0.507 e. The molecule has 5 rings (SSSR count). The molecular formula is C36H43NO16. The fraction of sp³-hybridized carbons (Fsp3) is 0.528. The number of Topliss-reactive ketones (excluding diaryl/α,β-unsaturated/α-hetero) is 1. The molecule has 0 aromatic heterocycles. The van der Waals surface area contributed by atoms with E-state index in [1.165, 1.54) is 25.3 Å². The first-order valence-electron chi connectivity index (χ1n) is 16.9. The summed E-state index contributed by atoms with van der Waals surface area (Å²) in [5.74, 6) is -5.35. The number of nitrogens with zero attached hydrogens (tertiary/aromatic N) is 1. The lowest BCUT2D eigenvalue weighted by atomic mass is 9.72. The molecule has 2 aromatic carbocycles. The van der Waals surface area contributed by atoms with Crippen LogP contribution in [0.1, 0.15) is 82.7 Å². The summed E-state index contributed by atoms with van der Waals surface area (Å²) < 4.78 is 33.0. The summed E-state index contributed by atoms with van der Waals surface area (Å²) >= 11 is 0. The number of aromatic hydroxyl groups is 2. The Kier molecular flexibility index (Phi) is 11.9. The van der Waals surface area contributed by atoms with E-state index in [1.807, 2.05) is 0 Å². The van der Waals surface area contributed by atoms with E-state index in [0.29, 0.717) is 0 Å². The standard InChI is InChI=1S/C36H43NO16/c1-16-31(42)21(37(4)9-10-49-15-26(51-17(2)39)52-18(3)40)11-25(50-16)53-23-13-36(47,24(41)14-38)12-20-28(23)35(46)30-29(33(20)44)32(43)19-7-6-8-22(48-5)27(19)34(30)45/h6-8,16,21,23,25-26,31,38,42,44,46-47H,9-15H2,1-5H3/t16?,21?,23?,25?,31?,36-/m0/s1. The van der Waals surface area contributed by atoms with E-state index < -0.39 is 114 Å². The quantitative estimate of drug-likeness (QED) is 0.0690. The van der Waals surface area contributed by atoms with E-state index in [2.05, 4.69) is 0 Å². The maximum Gasteiger partial charge on any atom is 0.305 e. The van der Waals surface area contributed by atoms with Gasteiger partial charge in [-0.1, -0.05) is 12.1 Å². The van der Waals surface area contributed by atoms with Crippen LogP contribution in [0.15, 0.2) is 18.2 Å².